The summed E-state index contributed by atoms with van der Waals surface area (Å²) in [6.07, 6.45) is 4.30. The highest BCUT2D eigenvalue weighted by Gasteiger charge is 2.23. The van der Waals surface area contributed by atoms with Crippen LogP contribution < -0.4 is 5.73 Å². The third kappa shape index (κ3) is 2.77. The summed E-state index contributed by atoms with van der Waals surface area (Å²) in [5.41, 5.74) is 6.91. The monoisotopic (exact) mass is 227 g/mol. The number of hydrogen-bond acceptors (Lipinski definition) is 4. The van der Waals surface area contributed by atoms with Gasteiger partial charge >= 0.3 is 0 Å². The molecule has 0 spiro atoms. The molecule has 0 unspecified atom stereocenters. The standard InChI is InChI=1S/C12H21NO3/c1-8(13)12(16)11(7-15)10(6-14)9-4-2-3-5-9/h9,14-16H,2-7,13H2,1H3/b11-10-,12-8+. The summed E-state index contributed by atoms with van der Waals surface area (Å²) >= 11 is 0. The van der Waals surface area contributed by atoms with Crippen molar-refractivity contribution in [1.82, 2.24) is 0 Å². The number of aliphatic hydroxyl groups is 3. The lowest BCUT2D eigenvalue weighted by molar-refractivity contribution is 0.285. The average Bonchev–Trinajstić information content (AvgIpc) is 2.77. The van der Waals surface area contributed by atoms with Crippen LogP contribution in [0, 0.1) is 5.92 Å². The van der Waals surface area contributed by atoms with Crippen molar-refractivity contribution in [2.45, 2.75) is 32.6 Å². The molecule has 1 saturated carbocycles. The minimum atomic E-state index is -0.285. The molecular formula is C12H21NO3. The van der Waals surface area contributed by atoms with E-state index in [1.54, 1.807) is 6.92 Å². The zero-order valence-electron chi connectivity index (χ0n) is 9.74. The van der Waals surface area contributed by atoms with Gasteiger partial charge in [-0.1, -0.05) is 12.8 Å². The van der Waals surface area contributed by atoms with Crippen molar-refractivity contribution in [3.8, 4) is 0 Å². The van der Waals surface area contributed by atoms with Crippen LogP contribution in [0.2, 0.25) is 0 Å². The molecule has 0 radical (unpaired) electrons. The van der Waals surface area contributed by atoms with Gasteiger partial charge in [-0.3, -0.25) is 0 Å². The van der Waals surface area contributed by atoms with E-state index in [9.17, 15) is 15.3 Å². The first-order valence-electron chi connectivity index (χ1n) is 5.71. The summed E-state index contributed by atoms with van der Waals surface area (Å²) in [6, 6.07) is 0. The van der Waals surface area contributed by atoms with E-state index in [0.29, 0.717) is 5.57 Å². The van der Waals surface area contributed by atoms with E-state index in [2.05, 4.69) is 0 Å². The highest BCUT2D eigenvalue weighted by molar-refractivity contribution is 5.35. The lowest BCUT2D eigenvalue weighted by Gasteiger charge is -2.17. The van der Waals surface area contributed by atoms with Gasteiger partial charge in [0.1, 0.15) is 5.76 Å². The molecule has 92 valence electrons. The largest absolute Gasteiger partial charge is 0.506 e. The molecule has 0 amide bonds. The van der Waals surface area contributed by atoms with Gasteiger partial charge in [-0.25, -0.2) is 0 Å². The van der Waals surface area contributed by atoms with E-state index in [4.69, 9.17) is 5.73 Å². The highest BCUT2D eigenvalue weighted by Crippen LogP contribution is 2.33. The van der Waals surface area contributed by atoms with E-state index >= 15 is 0 Å². The molecule has 4 nitrogen and oxygen atoms in total. The van der Waals surface area contributed by atoms with Gasteiger partial charge in [-0.2, -0.15) is 0 Å². The molecule has 1 aliphatic rings. The van der Waals surface area contributed by atoms with Crippen molar-refractivity contribution in [1.29, 1.82) is 0 Å². The normalized spacial score (nSPS) is 20.7. The minimum absolute atomic E-state index is 0.0848. The van der Waals surface area contributed by atoms with Gasteiger partial charge in [-0.15, -0.1) is 0 Å². The Morgan fingerprint density at radius 3 is 2.12 bits per heavy atom. The van der Waals surface area contributed by atoms with Crippen LogP contribution in [0.25, 0.3) is 0 Å². The molecule has 0 aliphatic heterocycles. The van der Waals surface area contributed by atoms with E-state index in [0.717, 1.165) is 31.3 Å². The second-order valence-electron chi connectivity index (χ2n) is 4.33. The molecule has 0 heterocycles. The Bertz CT molecular complexity index is 297. The number of allylic oxidation sites excluding steroid dienone is 1. The third-order valence-corrected chi connectivity index (χ3v) is 3.22. The molecule has 1 aliphatic carbocycles. The van der Waals surface area contributed by atoms with Crippen LogP contribution >= 0.6 is 0 Å². The van der Waals surface area contributed by atoms with Crippen LogP contribution in [0.3, 0.4) is 0 Å². The fourth-order valence-corrected chi connectivity index (χ4v) is 2.31. The Labute approximate surface area is 96.1 Å². The average molecular weight is 227 g/mol. The van der Waals surface area contributed by atoms with Crippen molar-refractivity contribution in [2.75, 3.05) is 13.2 Å². The topological polar surface area (TPSA) is 86.7 Å². The smallest absolute Gasteiger partial charge is 0.139 e. The highest BCUT2D eigenvalue weighted by atomic mass is 16.3. The number of aliphatic hydroxyl groups excluding tert-OH is 3. The lowest BCUT2D eigenvalue weighted by Crippen LogP contribution is -2.13. The second kappa shape index (κ2) is 5.92. The molecule has 1 fully saturated rings. The Balaban J connectivity index is 3.06. The zero-order valence-corrected chi connectivity index (χ0v) is 9.74. The molecule has 1 rings (SSSR count). The van der Waals surface area contributed by atoms with Crippen molar-refractivity contribution in [3.63, 3.8) is 0 Å². The summed E-state index contributed by atoms with van der Waals surface area (Å²) < 4.78 is 0. The van der Waals surface area contributed by atoms with Crippen LogP contribution in [0.15, 0.2) is 22.6 Å². The minimum Gasteiger partial charge on any atom is -0.506 e. The number of rotatable bonds is 4. The summed E-state index contributed by atoms with van der Waals surface area (Å²) in [6.45, 7) is 1.17. The lowest BCUT2D eigenvalue weighted by atomic mass is 9.92. The van der Waals surface area contributed by atoms with E-state index in [1.807, 2.05) is 0 Å². The SMILES string of the molecule is C/C(N)=C(O)/C(CO)=C(/CO)C1CCCC1. The molecule has 0 atom stereocenters. The second-order valence-corrected chi connectivity index (χ2v) is 4.33. The molecule has 16 heavy (non-hydrogen) atoms. The van der Waals surface area contributed by atoms with Crippen LogP contribution in [-0.2, 0) is 0 Å². The Hall–Kier alpha value is -1.00. The van der Waals surface area contributed by atoms with Crippen molar-refractivity contribution in [3.05, 3.63) is 22.6 Å². The zero-order chi connectivity index (χ0) is 12.1. The maximum atomic E-state index is 9.77. The number of hydrogen-bond donors (Lipinski definition) is 4. The first kappa shape index (κ1) is 13.1. The third-order valence-electron chi connectivity index (χ3n) is 3.22. The predicted octanol–water partition coefficient (Wildman–Crippen LogP) is 1.21. The summed E-state index contributed by atoms with van der Waals surface area (Å²) in [7, 11) is 0. The van der Waals surface area contributed by atoms with Crippen molar-refractivity contribution < 1.29 is 15.3 Å². The van der Waals surface area contributed by atoms with Gasteiger partial charge in [0, 0.05) is 11.3 Å². The molecular weight excluding hydrogens is 206 g/mol. The molecule has 0 saturated heterocycles. The number of nitrogens with two attached hydrogens (primary N) is 1. The van der Waals surface area contributed by atoms with Crippen LogP contribution in [0.5, 0.6) is 0 Å². The first-order valence-corrected chi connectivity index (χ1v) is 5.71. The Kier molecular flexibility index (Phi) is 4.83. The molecule has 0 bridgehead atoms. The summed E-state index contributed by atoms with van der Waals surface area (Å²) in [5, 5.41) is 28.4. The summed E-state index contributed by atoms with van der Waals surface area (Å²) in [5.74, 6) is 0.187. The van der Waals surface area contributed by atoms with Crippen LogP contribution in [-0.4, -0.2) is 28.5 Å². The van der Waals surface area contributed by atoms with Crippen LogP contribution in [0.1, 0.15) is 32.6 Å². The summed E-state index contributed by atoms with van der Waals surface area (Å²) in [4.78, 5) is 0. The van der Waals surface area contributed by atoms with E-state index in [1.165, 1.54) is 0 Å². The quantitative estimate of drug-likeness (QED) is 0.429. The van der Waals surface area contributed by atoms with Gasteiger partial charge < -0.3 is 21.1 Å². The van der Waals surface area contributed by atoms with Gasteiger partial charge in [-0.05, 0) is 31.3 Å². The molecule has 0 aromatic rings. The van der Waals surface area contributed by atoms with Gasteiger partial charge in [0.15, 0.2) is 0 Å². The Morgan fingerprint density at radius 1 is 1.19 bits per heavy atom. The molecule has 4 heteroatoms. The van der Waals surface area contributed by atoms with Crippen molar-refractivity contribution >= 4 is 0 Å². The van der Waals surface area contributed by atoms with Crippen molar-refractivity contribution in [2.24, 2.45) is 11.7 Å². The maximum Gasteiger partial charge on any atom is 0.139 e. The van der Waals surface area contributed by atoms with E-state index in [-0.39, 0.29) is 30.6 Å². The van der Waals surface area contributed by atoms with Gasteiger partial charge in [0.25, 0.3) is 0 Å². The fraction of sp³-hybridized carbons (Fsp3) is 0.667. The molecule has 0 aromatic heterocycles. The fourth-order valence-electron chi connectivity index (χ4n) is 2.31. The van der Waals surface area contributed by atoms with Crippen LogP contribution in [0.4, 0.5) is 0 Å². The van der Waals surface area contributed by atoms with Gasteiger partial charge in [0.05, 0.1) is 13.2 Å². The molecule has 0 aromatic carbocycles. The predicted molar refractivity (Wildman–Crippen MR) is 62.7 cm³/mol. The first-order chi connectivity index (χ1) is 7.61. The Morgan fingerprint density at radius 2 is 1.75 bits per heavy atom. The van der Waals surface area contributed by atoms with Gasteiger partial charge in [0.2, 0.25) is 0 Å². The van der Waals surface area contributed by atoms with E-state index < -0.39 is 0 Å². The maximum absolute atomic E-state index is 9.77. The molecule has 5 N–H and O–H groups in total.